The van der Waals surface area contributed by atoms with Crippen molar-refractivity contribution in [2.75, 3.05) is 0 Å². The third-order valence-electron chi connectivity index (χ3n) is 7.46. The van der Waals surface area contributed by atoms with Crippen LogP contribution in [0.5, 0.6) is 0 Å². The second kappa shape index (κ2) is 8.93. The van der Waals surface area contributed by atoms with E-state index in [1.165, 1.54) is 64.0 Å². The third kappa shape index (κ3) is 3.68. The quantitative estimate of drug-likeness (QED) is 0.231. The van der Waals surface area contributed by atoms with Crippen LogP contribution in [0.1, 0.15) is 17.5 Å². The van der Waals surface area contributed by atoms with Crippen LogP contribution >= 0.6 is 11.3 Å². The molecule has 0 atom stereocenters. The van der Waals surface area contributed by atoms with Crippen molar-refractivity contribution < 1.29 is 0 Å². The summed E-state index contributed by atoms with van der Waals surface area (Å²) in [5, 5.41) is 8.16. The smallest absolute Gasteiger partial charge is 0.0433 e. The molecule has 0 bridgehead atoms. The van der Waals surface area contributed by atoms with Gasteiger partial charge >= 0.3 is 0 Å². The summed E-state index contributed by atoms with van der Waals surface area (Å²) in [7, 11) is 0. The highest BCUT2D eigenvalue weighted by molar-refractivity contribution is 7.26. The first-order valence-electron chi connectivity index (χ1n) is 12.7. The van der Waals surface area contributed by atoms with E-state index < -0.39 is 0 Å². The van der Waals surface area contributed by atoms with Crippen LogP contribution in [0.15, 0.2) is 121 Å². The van der Waals surface area contributed by atoms with E-state index in [0.717, 1.165) is 19.3 Å². The van der Waals surface area contributed by atoms with Crippen molar-refractivity contribution in [2.24, 2.45) is 0 Å². The molecule has 0 unspecified atom stereocenters. The highest BCUT2D eigenvalue weighted by Crippen LogP contribution is 2.39. The van der Waals surface area contributed by atoms with Gasteiger partial charge in [0.25, 0.3) is 0 Å². The molecule has 0 N–H and O–H groups in total. The van der Waals surface area contributed by atoms with Crippen LogP contribution in [0.2, 0.25) is 0 Å². The molecule has 1 heteroatoms. The first-order chi connectivity index (χ1) is 17.8. The van der Waals surface area contributed by atoms with Crippen molar-refractivity contribution in [1.82, 2.24) is 0 Å². The van der Waals surface area contributed by atoms with Gasteiger partial charge < -0.3 is 0 Å². The Bertz CT molecular complexity index is 1850. The molecule has 0 amide bonds. The van der Waals surface area contributed by atoms with E-state index in [1.807, 2.05) is 11.3 Å². The van der Waals surface area contributed by atoms with E-state index >= 15 is 0 Å². The van der Waals surface area contributed by atoms with Gasteiger partial charge in [0.05, 0.1) is 0 Å². The van der Waals surface area contributed by atoms with E-state index in [9.17, 15) is 0 Å². The van der Waals surface area contributed by atoms with Crippen LogP contribution in [0.3, 0.4) is 0 Å². The lowest BCUT2D eigenvalue weighted by molar-refractivity contribution is 0.825. The minimum atomic E-state index is 1.09. The molecule has 0 fully saturated rings. The Balaban J connectivity index is 1.12. The molecule has 172 valence electrons. The number of benzene rings is 6. The number of fused-ring (bicyclic) bond motifs is 6. The molecule has 0 aliphatic carbocycles. The molecule has 0 aliphatic heterocycles. The molecule has 1 aromatic heterocycles. The van der Waals surface area contributed by atoms with E-state index in [-0.39, 0.29) is 0 Å². The van der Waals surface area contributed by atoms with Gasteiger partial charge in [0, 0.05) is 20.2 Å². The fourth-order valence-electron chi connectivity index (χ4n) is 5.63. The topological polar surface area (TPSA) is 0 Å². The predicted octanol–water partition coefficient (Wildman–Crippen LogP) is 10.2. The maximum Gasteiger partial charge on any atom is 0.0433 e. The summed E-state index contributed by atoms with van der Waals surface area (Å²) >= 11 is 1.92. The second-order valence-corrected chi connectivity index (χ2v) is 10.7. The van der Waals surface area contributed by atoms with Gasteiger partial charge in [0.15, 0.2) is 0 Å². The highest BCUT2D eigenvalue weighted by Gasteiger charge is 2.10. The molecular weight excluding hydrogens is 452 g/mol. The first kappa shape index (κ1) is 21.4. The maximum absolute atomic E-state index is 2.34. The fraction of sp³-hybridized carbons (Fsp3) is 0.0857. The van der Waals surface area contributed by atoms with Crippen LogP contribution in [-0.4, -0.2) is 0 Å². The SMILES string of the molecule is c1ccc2c(-c3ccc(CCCc4cccc5c4ccc4c6ccccc6sc54)cc3)cccc2c1. The van der Waals surface area contributed by atoms with E-state index in [1.54, 1.807) is 0 Å². The molecular formula is C35H26S. The zero-order valence-electron chi connectivity index (χ0n) is 20.1. The third-order valence-corrected chi connectivity index (χ3v) is 8.68. The lowest BCUT2D eigenvalue weighted by atomic mass is 9.95. The second-order valence-electron chi connectivity index (χ2n) is 9.63. The average Bonchev–Trinajstić information content (AvgIpc) is 3.33. The number of hydrogen-bond acceptors (Lipinski definition) is 1. The standard InChI is InChI=1S/C35H26S/c1-2-13-28-25(9-1)11-6-15-29(28)27-20-18-24(19-21-27)8-5-10-26-12-7-16-32-30(26)22-23-33-31-14-3-4-17-34(31)36-35(32)33/h1-4,6-7,9,11-23H,5,8,10H2. The molecule has 0 nitrogen and oxygen atoms in total. The van der Waals surface area contributed by atoms with Crippen LogP contribution < -0.4 is 0 Å². The Kier molecular flexibility index (Phi) is 5.30. The van der Waals surface area contributed by atoms with Crippen molar-refractivity contribution in [2.45, 2.75) is 19.3 Å². The van der Waals surface area contributed by atoms with Crippen molar-refractivity contribution in [3.63, 3.8) is 0 Å². The zero-order chi connectivity index (χ0) is 23.9. The van der Waals surface area contributed by atoms with Crippen LogP contribution in [0.4, 0.5) is 0 Å². The summed E-state index contributed by atoms with van der Waals surface area (Å²) in [6, 6.07) is 44.7. The van der Waals surface area contributed by atoms with Gasteiger partial charge in [-0.2, -0.15) is 0 Å². The Morgan fingerprint density at radius 1 is 0.472 bits per heavy atom. The lowest BCUT2D eigenvalue weighted by Crippen LogP contribution is -1.92. The number of rotatable bonds is 5. The number of hydrogen-bond donors (Lipinski definition) is 0. The van der Waals surface area contributed by atoms with Gasteiger partial charge in [-0.05, 0) is 69.1 Å². The van der Waals surface area contributed by atoms with Gasteiger partial charge in [-0.25, -0.2) is 0 Å². The minimum absolute atomic E-state index is 1.09. The average molecular weight is 479 g/mol. The molecule has 0 radical (unpaired) electrons. The summed E-state index contributed by atoms with van der Waals surface area (Å²) in [6.45, 7) is 0. The van der Waals surface area contributed by atoms with Crippen LogP contribution in [0.25, 0.3) is 52.8 Å². The number of aryl methyl sites for hydroxylation is 2. The number of thiophene rings is 1. The summed E-state index contributed by atoms with van der Waals surface area (Å²) in [4.78, 5) is 0. The summed E-state index contributed by atoms with van der Waals surface area (Å²) in [5.74, 6) is 0. The van der Waals surface area contributed by atoms with Crippen molar-refractivity contribution in [1.29, 1.82) is 0 Å². The van der Waals surface area contributed by atoms with Gasteiger partial charge in [-0.15, -0.1) is 11.3 Å². The molecule has 0 saturated heterocycles. The molecule has 1 heterocycles. The van der Waals surface area contributed by atoms with E-state index in [2.05, 4.69) is 121 Å². The molecule has 0 saturated carbocycles. The van der Waals surface area contributed by atoms with Crippen molar-refractivity contribution in [3.8, 4) is 11.1 Å². The molecule has 7 rings (SSSR count). The van der Waals surface area contributed by atoms with E-state index in [0.29, 0.717) is 0 Å². The normalized spacial score (nSPS) is 11.7. The van der Waals surface area contributed by atoms with Crippen LogP contribution in [-0.2, 0) is 12.8 Å². The zero-order valence-corrected chi connectivity index (χ0v) is 20.9. The van der Waals surface area contributed by atoms with Crippen molar-refractivity contribution >= 4 is 53.1 Å². The van der Waals surface area contributed by atoms with Gasteiger partial charge in [0.1, 0.15) is 0 Å². The van der Waals surface area contributed by atoms with Gasteiger partial charge in [0.2, 0.25) is 0 Å². The van der Waals surface area contributed by atoms with Gasteiger partial charge in [-0.3, -0.25) is 0 Å². The Morgan fingerprint density at radius 3 is 2.08 bits per heavy atom. The monoisotopic (exact) mass is 478 g/mol. The molecule has 36 heavy (non-hydrogen) atoms. The first-order valence-corrected chi connectivity index (χ1v) is 13.6. The van der Waals surface area contributed by atoms with Gasteiger partial charge in [-0.1, -0.05) is 115 Å². The predicted molar refractivity (Wildman–Crippen MR) is 158 cm³/mol. The largest absolute Gasteiger partial charge is 0.135 e. The molecule has 6 aromatic carbocycles. The van der Waals surface area contributed by atoms with Crippen molar-refractivity contribution in [3.05, 3.63) is 132 Å². The fourth-order valence-corrected chi connectivity index (χ4v) is 6.86. The Hall–Kier alpha value is -3.94. The summed E-state index contributed by atoms with van der Waals surface area (Å²) in [5.41, 5.74) is 5.46. The molecule has 7 aromatic rings. The summed E-state index contributed by atoms with van der Waals surface area (Å²) < 4.78 is 2.79. The lowest BCUT2D eigenvalue weighted by Gasteiger charge is -2.09. The maximum atomic E-state index is 2.34. The van der Waals surface area contributed by atoms with E-state index in [4.69, 9.17) is 0 Å². The minimum Gasteiger partial charge on any atom is -0.135 e. The van der Waals surface area contributed by atoms with Crippen LogP contribution in [0, 0.1) is 0 Å². The Labute approximate surface area is 215 Å². The Morgan fingerprint density at radius 2 is 1.17 bits per heavy atom. The summed E-state index contributed by atoms with van der Waals surface area (Å²) in [6.07, 6.45) is 3.34. The highest BCUT2D eigenvalue weighted by atomic mass is 32.1. The molecule has 0 aliphatic rings. The molecule has 0 spiro atoms.